The average Bonchev–Trinajstić information content (AvgIpc) is 2.79. The van der Waals surface area contributed by atoms with Crippen LogP contribution >= 0.6 is 0 Å². The second-order valence-corrected chi connectivity index (χ2v) is 9.50. The van der Waals surface area contributed by atoms with Gasteiger partial charge in [-0.1, -0.05) is 42.5 Å². The molecule has 0 saturated heterocycles. The maximum Gasteiger partial charge on any atom is 0.407 e. The molecule has 3 rings (SSSR count). The minimum absolute atomic E-state index is 0.153. The highest BCUT2D eigenvalue weighted by Crippen LogP contribution is 2.27. The first-order valence-corrected chi connectivity index (χ1v) is 11.6. The van der Waals surface area contributed by atoms with Crippen LogP contribution in [-0.4, -0.2) is 27.6 Å². The van der Waals surface area contributed by atoms with E-state index in [2.05, 4.69) is 15.6 Å². The summed E-state index contributed by atoms with van der Waals surface area (Å²) in [6.45, 7) is 7.76. The van der Waals surface area contributed by atoms with Crippen molar-refractivity contribution in [2.24, 2.45) is 5.73 Å². The van der Waals surface area contributed by atoms with E-state index in [9.17, 15) is 9.59 Å². The fraction of sp³-hybridized carbons (Fsp3) is 0.333. The molecule has 8 nitrogen and oxygen atoms in total. The second-order valence-electron chi connectivity index (χ2n) is 9.50. The van der Waals surface area contributed by atoms with E-state index in [0.29, 0.717) is 18.9 Å². The lowest BCUT2D eigenvalue weighted by atomic mass is 9.90. The molecule has 2 amide bonds. The molecule has 3 aromatic rings. The number of amides is 2. The molecule has 1 atom stereocenters. The van der Waals surface area contributed by atoms with Gasteiger partial charge in [-0.15, -0.1) is 0 Å². The van der Waals surface area contributed by atoms with Crippen LogP contribution in [0.4, 0.5) is 16.4 Å². The minimum atomic E-state index is -0.539. The van der Waals surface area contributed by atoms with Crippen molar-refractivity contribution >= 4 is 23.6 Å². The summed E-state index contributed by atoms with van der Waals surface area (Å²) in [7, 11) is 0. The van der Waals surface area contributed by atoms with Crippen LogP contribution in [0.5, 0.6) is 0 Å². The van der Waals surface area contributed by atoms with Gasteiger partial charge in [0.25, 0.3) is 0 Å². The van der Waals surface area contributed by atoms with Gasteiger partial charge in [-0.3, -0.25) is 4.79 Å². The van der Waals surface area contributed by atoms with E-state index in [1.165, 1.54) is 0 Å². The van der Waals surface area contributed by atoms with Crippen molar-refractivity contribution < 1.29 is 14.3 Å². The maximum atomic E-state index is 11.8. The normalized spacial score (nSPS) is 12.0. The Morgan fingerprint density at radius 2 is 1.71 bits per heavy atom. The van der Waals surface area contributed by atoms with Gasteiger partial charge in [-0.25, -0.2) is 14.8 Å². The first kappa shape index (κ1) is 25.7. The number of aromatic nitrogens is 2. The molecule has 0 bridgehead atoms. The van der Waals surface area contributed by atoms with Crippen molar-refractivity contribution in [3.05, 3.63) is 83.2 Å². The zero-order chi connectivity index (χ0) is 25.4. The SMILES string of the molecule is Cc1cnc(Nc2ccc(CNC(=O)OC(C)(C)C)cc2)nc1C(CC(N)=O)Cc1ccccc1. The molecule has 8 heteroatoms. The molecule has 1 heterocycles. The van der Waals surface area contributed by atoms with Gasteiger partial charge in [0.1, 0.15) is 5.60 Å². The third-order valence-corrected chi connectivity index (χ3v) is 5.22. The fourth-order valence-electron chi connectivity index (χ4n) is 3.66. The van der Waals surface area contributed by atoms with Crippen LogP contribution in [0.15, 0.2) is 60.8 Å². The van der Waals surface area contributed by atoms with Gasteiger partial charge in [-0.2, -0.15) is 0 Å². The number of nitrogens with two attached hydrogens (primary N) is 1. The summed E-state index contributed by atoms with van der Waals surface area (Å²) in [5, 5.41) is 5.96. The summed E-state index contributed by atoms with van der Waals surface area (Å²) in [4.78, 5) is 32.8. The smallest absolute Gasteiger partial charge is 0.407 e. The minimum Gasteiger partial charge on any atom is -0.444 e. The third kappa shape index (κ3) is 8.41. The van der Waals surface area contributed by atoms with Gasteiger partial charge >= 0.3 is 6.09 Å². The number of nitrogens with zero attached hydrogens (tertiary/aromatic N) is 2. The Hall–Kier alpha value is -3.94. The van der Waals surface area contributed by atoms with E-state index in [-0.39, 0.29) is 18.2 Å². The number of benzene rings is 2. The molecule has 0 saturated carbocycles. The molecule has 0 aliphatic carbocycles. The number of carbonyl (C=O) groups excluding carboxylic acids is 2. The number of anilines is 2. The Morgan fingerprint density at radius 1 is 1.03 bits per heavy atom. The quantitative estimate of drug-likeness (QED) is 0.411. The van der Waals surface area contributed by atoms with Gasteiger partial charge in [0, 0.05) is 30.8 Å². The fourth-order valence-corrected chi connectivity index (χ4v) is 3.66. The van der Waals surface area contributed by atoms with Crippen molar-refractivity contribution in [3.63, 3.8) is 0 Å². The van der Waals surface area contributed by atoms with Gasteiger partial charge in [0.15, 0.2) is 0 Å². The third-order valence-electron chi connectivity index (χ3n) is 5.22. The molecular weight excluding hydrogens is 442 g/mol. The zero-order valence-corrected chi connectivity index (χ0v) is 20.7. The molecule has 4 N–H and O–H groups in total. The van der Waals surface area contributed by atoms with Crippen LogP contribution in [0.3, 0.4) is 0 Å². The van der Waals surface area contributed by atoms with Crippen molar-refractivity contribution in [3.8, 4) is 0 Å². The van der Waals surface area contributed by atoms with Crippen molar-refractivity contribution in [2.75, 3.05) is 5.32 Å². The summed E-state index contributed by atoms with van der Waals surface area (Å²) in [6.07, 6.45) is 2.15. The van der Waals surface area contributed by atoms with E-state index in [1.807, 2.05) is 82.3 Å². The van der Waals surface area contributed by atoms with Crippen molar-refractivity contribution in [1.82, 2.24) is 15.3 Å². The number of aryl methyl sites for hydroxylation is 1. The molecule has 35 heavy (non-hydrogen) atoms. The number of primary amides is 1. The molecule has 0 fully saturated rings. The van der Waals surface area contributed by atoms with Crippen LogP contribution in [0, 0.1) is 6.92 Å². The average molecular weight is 476 g/mol. The maximum absolute atomic E-state index is 11.8. The van der Waals surface area contributed by atoms with Gasteiger partial charge < -0.3 is 21.1 Å². The molecule has 1 aromatic heterocycles. The number of hydrogen-bond acceptors (Lipinski definition) is 6. The molecule has 0 radical (unpaired) electrons. The first-order chi connectivity index (χ1) is 16.6. The monoisotopic (exact) mass is 475 g/mol. The van der Waals surface area contributed by atoms with Gasteiger partial charge in [-0.05, 0) is 62.9 Å². The van der Waals surface area contributed by atoms with Crippen LogP contribution < -0.4 is 16.4 Å². The molecule has 184 valence electrons. The number of ether oxygens (including phenoxy) is 1. The highest BCUT2D eigenvalue weighted by molar-refractivity contribution is 5.75. The lowest BCUT2D eigenvalue weighted by Crippen LogP contribution is -2.32. The van der Waals surface area contributed by atoms with Crippen LogP contribution in [0.25, 0.3) is 0 Å². The Morgan fingerprint density at radius 3 is 2.34 bits per heavy atom. The molecule has 0 aliphatic rings. The summed E-state index contributed by atoms with van der Waals surface area (Å²) >= 11 is 0. The van der Waals surface area contributed by atoms with Gasteiger partial charge in [0.2, 0.25) is 11.9 Å². The molecule has 0 spiro atoms. The van der Waals surface area contributed by atoms with E-state index >= 15 is 0 Å². The van der Waals surface area contributed by atoms with E-state index in [0.717, 1.165) is 28.1 Å². The first-order valence-electron chi connectivity index (χ1n) is 11.6. The molecule has 0 aliphatic heterocycles. The lowest BCUT2D eigenvalue weighted by Gasteiger charge is -2.19. The molecule has 2 aromatic carbocycles. The Bertz CT molecular complexity index is 1140. The van der Waals surface area contributed by atoms with Crippen LogP contribution in [0.1, 0.15) is 55.5 Å². The predicted octanol–water partition coefficient (Wildman–Crippen LogP) is 4.76. The lowest BCUT2D eigenvalue weighted by molar-refractivity contribution is -0.118. The van der Waals surface area contributed by atoms with E-state index in [4.69, 9.17) is 15.5 Å². The van der Waals surface area contributed by atoms with Crippen LogP contribution in [-0.2, 0) is 22.5 Å². The summed E-state index contributed by atoms with van der Waals surface area (Å²) in [6, 6.07) is 17.6. The number of carbonyl (C=O) groups is 2. The van der Waals surface area contributed by atoms with Crippen molar-refractivity contribution in [2.45, 2.75) is 58.6 Å². The van der Waals surface area contributed by atoms with Crippen molar-refractivity contribution in [1.29, 1.82) is 0 Å². The van der Waals surface area contributed by atoms with E-state index in [1.54, 1.807) is 6.20 Å². The Labute approximate surface area is 206 Å². The second kappa shape index (κ2) is 11.5. The summed E-state index contributed by atoms with van der Waals surface area (Å²) in [5.74, 6) is -0.0819. The van der Waals surface area contributed by atoms with Gasteiger partial charge in [0.05, 0.1) is 5.69 Å². The number of nitrogens with one attached hydrogen (secondary N) is 2. The largest absolute Gasteiger partial charge is 0.444 e. The zero-order valence-electron chi connectivity index (χ0n) is 20.7. The Balaban J connectivity index is 1.69. The number of rotatable bonds is 9. The van der Waals surface area contributed by atoms with Crippen LogP contribution in [0.2, 0.25) is 0 Å². The highest BCUT2D eigenvalue weighted by atomic mass is 16.6. The topological polar surface area (TPSA) is 119 Å². The molecule has 1 unspecified atom stereocenters. The van der Waals surface area contributed by atoms with E-state index < -0.39 is 11.7 Å². The number of alkyl carbamates (subject to hydrolysis) is 1. The summed E-state index contributed by atoms with van der Waals surface area (Å²) in [5.41, 5.74) is 9.55. The Kier molecular flexibility index (Phi) is 8.41. The highest BCUT2D eigenvalue weighted by Gasteiger charge is 2.20. The predicted molar refractivity (Wildman–Crippen MR) is 136 cm³/mol. The molecular formula is C27H33N5O3. The summed E-state index contributed by atoms with van der Waals surface area (Å²) < 4.78 is 5.26. The standard InChI is InChI=1S/C27H33N5O3/c1-18-16-29-25(32-24(18)21(15-23(28)33)14-19-8-6-5-7-9-19)31-22-12-10-20(11-13-22)17-30-26(34)35-27(2,3)4/h5-13,16,21H,14-15,17H2,1-4H3,(H2,28,33)(H,30,34)(H,29,31,32). The number of hydrogen-bond donors (Lipinski definition) is 3.